The van der Waals surface area contributed by atoms with E-state index in [2.05, 4.69) is 55.1 Å². The fraction of sp³-hybridized carbons (Fsp3) is 0.333. The van der Waals surface area contributed by atoms with Gasteiger partial charge in [-0.25, -0.2) is 4.98 Å². The summed E-state index contributed by atoms with van der Waals surface area (Å²) >= 11 is 3.39. The molecule has 0 N–H and O–H groups in total. The first kappa shape index (κ1) is 13.4. The zero-order valence-corrected chi connectivity index (χ0v) is 12.9. The second kappa shape index (κ2) is 5.79. The summed E-state index contributed by atoms with van der Waals surface area (Å²) in [7, 11) is 1.62. The number of aromatic nitrogens is 2. The minimum absolute atomic E-state index is 0.576. The largest absolute Gasteiger partial charge is 0.480 e. The molecule has 5 heteroatoms. The van der Waals surface area contributed by atoms with Gasteiger partial charge in [-0.2, -0.15) is 4.98 Å². The van der Waals surface area contributed by atoms with Crippen LogP contribution < -0.4 is 9.64 Å². The number of methoxy groups -OCH3 is 1. The van der Waals surface area contributed by atoms with Crippen molar-refractivity contribution in [2.24, 2.45) is 0 Å². The van der Waals surface area contributed by atoms with Crippen molar-refractivity contribution in [1.82, 2.24) is 9.97 Å². The Labute approximate surface area is 126 Å². The first-order valence-corrected chi connectivity index (χ1v) is 7.45. The van der Waals surface area contributed by atoms with E-state index in [-0.39, 0.29) is 0 Å². The van der Waals surface area contributed by atoms with Gasteiger partial charge in [0.2, 0.25) is 11.8 Å². The summed E-state index contributed by atoms with van der Waals surface area (Å²) in [5.41, 5.74) is 2.79. The maximum absolute atomic E-state index is 5.25. The van der Waals surface area contributed by atoms with Crippen LogP contribution in [0.2, 0.25) is 0 Å². The van der Waals surface area contributed by atoms with E-state index in [1.807, 2.05) is 0 Å². The van der Waals surface area contributed by atoms with Gasteiger partial charge < -0.3 is 9.64 Å². The van der Waals surface area contributed by atoms with E-state index in [4.69, 9.17) is 4.74 Å². The molecule has 4 nitrogen and oxygen atoms in total. The topological polar surface area (TPSA) is 38.2 Å². The lowest BCUT2D eigenvalue weighted by molar-refractivity contribution is 0.393. The van der Waals surface area contributed by atoms with E-state index in [1.54, 1.807) is 13.3 Å². The number of hydrogen-bond donors (Lipinski definition) is 0. The Bertz CT molecular complexity index is 618. The van der Waals surface area contributed by atoms with Gasteiger partial charge in [0, 0.05) is 13.1 Å². The van der Waals surface area contributed by atoms with Crippen LogP contribution in [-0.2, 0) is 13.0 Å². The SMILES string of the molecule is COc1nc(N2CCCc3ccccc3C2)ncc1Br. The summed E-state index contributed by atoms with van der Waals surface area (Å²) in [5.74, 6) is 1.30. The Morgan fingerprint density at radius 2 is 2.05 bits per heavy atom. The van der Waals surface area contributed by atoms with Crippen molar-refractivity contribution in [3.8, 4) is 5.88 Å². The van der Waals surface area contributed by atoms with E-state index in [0.717, 1.165) is 36.4 Å². The van der Waals surface area contributed by atoms with E-state index >= 15 is 0 Å². The lowest BCUT2D eigenvalue weighted by Crippen LogP contribution is -2.24. The quantitative estimate of drug-likeness (QED) is 0.845. The molecule has 0 aliphatic carbocycles. The molecule has 1 aliphatic heterocycles. The molecule has 1 aliphatic rings. The molecular formula is C15H16BrN3O. The standard InChI is InChI=1S/C15H16BrN3O/c1-20-14-13(16)9-17-15(18-14)19-8-4-7-11-5-2-3-6-12(11)10-19/h2-3,5-6,9H,4,7-8,10H2,1H3. The number of rotatable bonds is 2. The highest BCUT2D eigenvalue weighted by molar-refractivity contribution is 9.10. The van der Waals surface area contributed by atoms with E-state index in [0.29, 0.717) is 5.88 Å². The minimum atomic E-state index is 0.576. The fourth-order valence-corrected chi connectivity index (χ4v) is 2.86. The van der Waals surface area contributed by atoms with Crippen LogP contribution in [0.1, 0.15) is 17.5 Å². The van der Waals surface area contributed by atoms with Crippen LogP contribution in [0, 0.1) is 0 Å². The number of hydrogen-bond acceptors (Lipinski definition) is 4. The number of halogens is 1. The lowest BCUT2D eigenvalue weighted by Gasteiger charge is -2.21. The van der Waals surface area contributed by atoms with E-state index in [9.17, 15) is 0 Å². The van der Waals surface area contributed by atoms with Gasteiger partial charge in [0.25, 0.3) is 0 Å². The average molecular weight is 334 g/mol. The molecule has 0 saturated carbocycles. The molecule has 2 aromatic rings. The van der Waals surface area contributed by atoms with Gasteiger partial charge in [-0.15, -0.1) is 0 Å². The monoisotopic (exact) mass is 333 g/mol. The van der Waals surface area contributed by atoms with Crippen LogP contribution in [0.3, 0.4) is 0 Å². The van der Waals surface area contributed by atoms with Crippen LogP contribution in [0.5, 0.6) is 5.88 Å². The van der Waals surface area contributed by atoms with Crippen LogP contribution >= 0.6 is 15.9 Å². The molecule has 1 aromatic carbocycles. The molecule has 0 bridgehead atoms. The Morgan fingerprint density at radius 3 is 2.85 bits per heavy atom. The van der Waals surface area contributed by atoms with Crippen molar-refractivity contribution in [3.05, 3.63) is 46.1 Å². The maximum atomic E-state index is 5.25. The first-order valence-electron chi connectivity index (χ1n) is 6.66. The molecule has 20 heavy (non-hydrogen) atoms. The van der Waals surface area contributed by atoms with Crippen LogP contribution in [-0.4, -0.2) is 23.6 Å². The van der Waals surface area contributed by atoms with Gasteiger partial charge in [0.05, 0.1) is 17.8 Å². The van der Waals surface area contributed by atoms with Crippen molar-refractivity contribution in [2.45, 2.75) is 19.4 Å². The summed E-state index contributed by atoms with van der Waals surface area (Å²) in [5, 5.41) is 0. The predicted octanol–water partition coefficient (Wildman–Crippen LogP) is 3.20. The number of aryl methyl sites for hydroxylation is 1. The number of anilines is 1. The van der Waals surface area contributed by atoms with Gasteiger partial charge in [0.1, 0.15) is 0 Å². The molecule has 0 unspecified atom stereocenters. The molecule has 3 rings (SSSR count). The average Bonchev–Trinajstić information content (AvgIpc) is 2.70. The summed E-state index contributed by atoms with van der Waals surface area (Å²) in [6.07, 6.45) is 3.97. The molecule has 0 spiro atoms. The highest BCUT2D eigenvalue weighted by Crippen LogP contribution is 2.26. The summed E-state index contributed by atoms with van der Waals surface area (Å²) in [4.78, 5) is 11.1. The van der Waals surface area contributed by atoms with Crippen LogP contribution in [0.15, 0.2) is 34.9 Å². The number of ether oxygens (including phenoxy) is 1. The van der Waals surface area contributed by atoms with Crippen LogP contribution in [0.25, 0.3) is 0 Å². The molecule has 104 valence electrons. The lowest BCUT2D eigenvalue weighted by atomic mass is 10.0. The summed E-state index contributed by atoms with van der Waals surface area (Å²) in [6.45, 7) is 1.81. The Kier molecular flexibility index (Phi) is 3.87. The minimum Gasteiger partial charge on any atom is -0.480 e. The number of nitrogens with zero attached hydrogens (tertiary/aromatic N) is 3. The highest BCUT2D eigenvalue weighted by Gasteiger charge is 2.17. The summed E-state index contributed by atoms with van der Waals surface area (Å²) in [6, 6.07) is 8.59. The first-order chi connectivity index (χ1) is 9.78. The molecule has 0 fully saturated rings. The third kappa shape index (κ3) is 2.63. The third-order valence-corrected chi connectivity index (χ3v) is 4.07. The molecular weight excluding hydrogens is 318 g/mol. The molecule has 2 heterocycles. The molecule has 1 aromatic heterocycles. The Morgan fingerprint density at radius 1 is 1.25 bits per heavy atom. The van der Waals surface area contributed by atoms with Gasteiger partial charge in [-0.3, -0.25) is 0 Å². The van der Waals surface area contributed by atoms with E-state index < -0.39 is 0 Å². The van der Waals surface area contributed by atoms with Crippen molar-refractivity contribution in [3.63, 3.8) is 0 Å². The highest BCUT2D eigenvalue weighted by atomic mass is 79.9. The number of benzene rings is 1. The number of fused-ring (bicyclic) bond motifs is 1. The predicted molar refractivity (Wildman–Crippen MR) is 82.1 cm³/mol. The summed E-state index contributed by atoms with van der Waals surface area (Å²) < 4.78 is 6.03. The van der Waals surface area contributed by atoms with Crippen molar-refractivity contribution < 1.29 is 4.74 Å². The maximum Gasteiger partial charge on any atom is 0.232 e. The second-order valence-electron chi connectivity index (χ2n) is 4.82. The second-order valence-corrected chi connectivity index (χ2v) is 5.68. The van der Waals surface area contributed by atoms with Gasteiger partial charge in [-0.1, -0.05) is 24.3 Å². The van der Waals surface area contributed by atoms with E-state index in [1.165, 1.54) is 11.1 Å². The van der Waals surface area contributed by atoms with Gasteiger partial charge >= 0.3 is 0 Å². The molecule has 0 amide bonds. The van der Waals surface area contributed by atoms with Gasteiger partial charge in [-0.05, 0) is 39.9 Å². The zero-order chi connectivity index (χ0) is 13.9. The Hall–Kier alpha value is -1.62. The molecule has 0 saturated heterocycles. The molecule has 0 atom stereocenters. The Balaban J connectivity index is 1.91. The normalized spacial score (nSPS) is 14.6. The van der Waals surface area contributed by atoms with Crippen LogP contribution in [0.4, 0.5) is 5.95 Å². The molecule has 0 radical (unpaired) electrons. The fourth-order valence-electron chi connectivity index (χ4n) is 2.51. The van der Waals surface area contributed by atoms with Gasteiger partial charge in [0.15, 0.2) is 0 Å². The van der Waals surface area contributed by atoms with Crippen molar-refractivity contribution in [2.75, 3.05) is 18.6 Å². The third-order valence-electron chi connectivity index (χ3n) is 3.53. The van der Waals surface area contributed by atoms with Crippen molar-refractivity contribution in [1.29, 1.82) is 0 Å². The zero-order valence-electron chi connectivity index (χ0n) is 11.3. The van der Waals surface area contributed by atoms with Crippen molar-refractivity contribution >= 4 is 21.9 Å². The smallest absolute Gasteiger partial charge is 0.232 e.